The lowest BCUT2D eigenvalue weighted by molar-refractivity contribution is -0.138. The summed E-state index contributed by atoms with van der Waals surface area (Å²) in [4.78, 5) is 36.7. The number of rotatable bonds is 9. The average Bonchev–Trinajstić information content (AvgIpc) is 2.69. The molecule has 0 aliphatic carbocycles. The fraction of sp³-hybridized carbons (Fsp3) is 0.571. The van der Waals surface area contributed by atoms with Gasteiger partial charge in [-0.25, -0.2) is 0 Å². The highest BCUT2D eigenvalue weighted by molar-refractivity contribution is 5.80. The number of carbonyl (C=O) groups excluding carboxylic acids is 2. The Balaban J connectivity index is 1.70. The van der Waals surface area contributed by atoms with E-state index in [1.807, 2.05) is 43.0 Å². The van der Waals surface area contributed by atoms with E-state index in [9.17, 15) is 14.4 Å². The quantitative estimate of drug-likeness (QED) is 0.632. The highest BCUT2D eigenvalue weighted by Gasteiger charge is 2.27. The van der Waals surface area contributed by atoms with E-state index in [4.69, 9.17) is 9.84 Å². The first-order chi connectivity index (χ1) is 13.4. The predicted octanol–water partition coefficient (Wildman–Crippen LogP) is 2.44. The third kappa shape index (κ3) is 6.87. The lowest BCUT2D eigenvalue weighted by atomic mass is 9.95. The van der Waals surface area contributed by atoms with Crippen LogP contribution in [-0.2, 0) is 20.9 Å². The minimum atomic E-state index is -0.827. The van der Waals surface area contributed by atoms with Gasteiger partial charge in [0.25, 0.3) is 0 Å². The van der Waals surface area contributed by atoms with E-state index >= 15 is 0 Å². The molecule has 1 aliphatic heterocycles. The Morgan fingerprint density at radius 2 is 1.82 bits per heavy atom. The molecule has 0 atom stereocenters. The largest absolute Gasteiger partial charge is 0.494 e. The van der Waals surface area contributed by atoms with Gasteiger partial charge >= 0.3 is 5.97 Å². The molecule has 1 heterocycles. The second-order valence-corrected chi connectivity index (χ2v) is 7.46. The van der Waals surface area contributed by atoms with Crippen LogP contribution in [0.25, 0.3) is 0 Å². The highest BCUT2D eigenvalue weighted by Crippen LogP contribution is 2.19. The van der Waals surface area contributed by atoms with Gasteiger partial charge in [0.05, 0.1) is 6.61 Å². The van der Waals surface area contributed by atoms with Crippen molar-refractivity contribution in [3.8, 4) is 5.75 Å². The zero-order chi connectivity index (χ0) is 20.5. The molecule has 0 saturated carbocycles. The lowest BCUT2D eigenvalue weighted by Gasteiger charge is -2.32. The van der Waals surface area contributed by atoms with Crippen molar-refractivity contribution in [1.29, 1.82) is 0 Å². The molecule has 7 heteroatoms. The molecule has 2 N–H and O–H groups in total. The molecule has 0 radical (unpaired) electrons. The molecule has 2 rings (SSSR count). The first kappa shape index (κ1) is 21.7. The molecule has 1 fully saturated rings. The Hall–Kier alpha value is -2.57. The summed E-state index contributed by atoms with van der Waals surface area (Å²) in [6.07, 6.45) is 1.96. The van der Waals surface area contributed by atoms with Gasteiger partial charge in [-0.15, -0.1) is 0 Å². The number of nitrogens with one attached hydrogen (secondary N) is 1. The number of piperidine rings is 1. The zero-order valence-electron chi connectivity index (χ0n) is 16.6. The van der Waals surface area contributed by atoms with Crippen LogP contribution in [-0.4, -0.2) is 47.5 Å². The Bertz CT molecular complexity index is 664. The summed E-state index contributed by atoms with van der Waals surface area (Å²) in [5.41, 5.74) is 0.971. The van der Waals surface area contributed by atoms with Crippen LogP contribution in [0, 0.1) is 11.8 Å². The van der Waals surface area contributed by atoms with Gasteiger partial charge in [-0.3, -0.25) is 14.4 Å². The number of aliphatic carboxylic acids is 1. The maximum atomic E-state index is 12.4. The monoisotopic (exact) mass is 390 g/mol. The third-order valence-electron chi connectivity index (χ3n) is 4.87. The molecule has 1 aromatic rings. The van der Waals surface area contributed by atoms with Crippen molar-refractivity contribution in [2.75, 3.05) is 19.7 Å². The van der Waals surface area contributed by atoms with Crippen molar-refractivity contribution >= 4 is 17.8 Å². The van der Waals surface area contributed by atoms with Gasteiger partial charge in [-0.2, -0.15) is 0 Å². The zero-order valence-corrected chi connectivity index (χ0v) is 16.6. The second kappa shape index (κ2) is 10.7. The van der Waals surface area contributed by atoms with Crippen LogP contribution >= 0.6 is 0 Å². The van der Waals surface area contributed by atoms with E-state index in [-0.39, 0.29) is 30.1 Å². The van der Waals surface area contributed by atoms with Crippen LogP contribution < -0.4 is 10.1 Å². The molecule has 7 nitrogen and oxygen atoms in total. The molecule has 0 spiro atoms. The summed E-state index contributed by atoms with van der Waals surface area (Å²) in [5, 5.41) is 11.6. The third-order valence-corrected chi connectivity index (χ3v) is 4.87. The first-order valence-electron chi connectivity index (χ1n) is 9.87. The number of amides is 2. The maximum Gasteiger partial charge on any atom is 0.303 e. The Morgan fingerprint density at radius 3 is 2.39 bits per heavy atom. The first-order valence-corrected chi connectivity index (χ1v) is 9.87. The SMILES string of the molecule is CC(C)C(=O)N1CCC(C(=O)NCc2ccc(OCCCC(=O)O)cc2)CC1. The summed E-state index contributed by atoms with van der Waals surface area (Å²) in [7, 11) is 0. The number of hydrogen-bond acceptors (Lipinski definition) is 4. The van der Waals surface area contributed by atoms with Crippen molar-refractivity contribution in [3.05, 3.63) is 29.8 Å². The van der Waals surface area contributed by atoms with Crippen LogP contribution in [0.5, 0.6) is 5.75 Å². The average molecular weight is 390 g/mol. The van der Waals surface area contributed by atoms with E-state index in [1.165, 1.54) is 0 Å². The van der Waals surface area contributed by atoms with Crippen LogP contribution in [0.15, 0.2) is 24.3 Å². The van der Waals surface area contributed by atoms with Gasteiger partial charge in [0.15, 0.2) is 0 Å². The summed E-state index contributed by atoms with van der Waals surface area (Å²) < 4.78 is 5.50. The molecule has 0 aromatic heterocycles. The Morgan fingerprint density at radius 1 is 1.18 bits per heavy atom. The van der Waals surface area contributed by atoms with Crippen molar-refractivity contribution in [3.63, 3.8) is 0 Å². The van der Waals surface area contributed by atoms with Gasteiger partial charge in [-0.1, -0.05) is 26.0 Å². The summed E-state index contributed by atoms with van der Waals surface area (Å²) in [6, 6.07) is 7.41. The second-order valence-electron chi connectivity index (χ2n) is 7.46. The van der Waals surface area contributed by atoms with E-state index in [1.54, 1.807) is 0 Å². The smallest absolute Gasteiger partial charge is 0.303 e. The standard InChI is InChI=1S/C21H30N2O5/c1-15(2)21(27)23-11-9-17(10-12-23)20(26)22-14-16-5-7-18(8-6-16)28-13-3-4-19(24)25/h5-8,15,17H,3-4,9-14H2,1-2H3,(H,22,26)(H,24,25). The summed E-state index contributed by atoms with van der Waals surface area (Å²) >= 11 is 0. The number of likely N-dealkylation sites (tertiary alicyclic amines) is 1. The van der Waals surface area contributed by atoms with Crippen molar-refractivity contribution in [2.45, 2.75) is 46.1 Å². The van der Waals surface area contributed by atoms with Crippen molar-refractivity contribution in [2.24, 2.45) is 11.8 Å². The molecule has 1 aromatic carbocycles. The molecule has 154 valence electrons. The molecule has 1 aliphatic rings. The molecule has 0 bridgehead atoms. The molecule has 1 saturated heterocycles. The molecule has 28 heavy (non-hydrogen) atoms. The number of benzene rings is 1. The minimum Gasteiger partial charge on any atom is -0.494 e. The lowest BCUT2D eigenvalue weighted by Crippen LogP contribution is -2.44. The van der Waals surface area contributed by atoms with E-state index in [0.717, 1.165) is 5.56 Å². The van der Waals surface area contributed by atoms with Gasteiger partial charge in [0, 0.05) is 37.9 Å². The fourth-order valence-corrected chi connectivity index (χ4v) is 3.18. The van der Waals surface area contributed by atoms with Crippen LogP contribution in [0.1, 0.15) is 45.1 Å². The van der Waals surface area contributed by atoms with Crippen LogP contribution in [0.3, 0.4) is 0 Å². The normalized spacial score (nSPS) is 14.8. The van der Waals surface area contributed by atoms with Gasteiger partial charge < -0.3 is 20.1 Å². The summed E-state index contributed by atoms with van der Waals surface area (Å²) in [5.74, 6) is -0.00753. The Kier molecular flexibility index (Phi) is 8.29. The topological polar surface area (TPSA) is 95.9 Å². The van der Waals surface area contributed by atoms with Gasteiger partial charge in [-0.05, 0) is 37.0 Å². The maximum absolute atomic E-state index is 12.4. The predicted molar refractivity (Wildman–Crippen MR) is 105 cm³/mol. The number of ether oxygens (including phenoxy) is 1. The molecular weight excluding hydrogens is 360 g/mol. The van der Waals surface area contributed by atoms with E-state index < -0.39 is 5.97 Å². The number of carboxylic acids is 1. The number of nitrogens with zero attached hydrogens (tertiary/aromatic N) is 1. The fourth-order valence-electron chi connectivity index (χ4n) is 3.18. The van der Waals surface area contributed by atoms with Gasteiger partial charge in [0.1, 0.15) is 5.75 Å². The van der Waals surface area contributed by atoms with Crippen LogP contribution in [0.2, 0.25) is 0 Å². The molecule has 2 amide bonds. The van der Waals surface area contributed by atoms with E-state index in [2.05, 4.69) is 5.32 Å². The Labute approximate surface area is 166 Å². The molecular formula is C21H30N2O5. The number of carbonyl (C=O) groups is 3. The van der Waals surface area contributed by atoms with Crippen molar-refractivity contribution < 1.29 is 24.2 Å². The highest BCUT2D eigenvalue weighted by atomic mass is 16.5. The van der Waals surface area contributed by atoms with Gasteiger partial charge in [0.2, 0.25) is 11.8 Å². The minimum absolute atomic E-state index is 0.00510. The summed E-state index contributed by atoms with van der Waals surface area (Å²) in [6.45, 7) is 5.89. The van der Waals surface area contributed by atoms with Crippen molar-refractivity contribution in [1.82, 2.24) is 10.2 Å². The number of hydrogen-bond donors (Lipinski definition) is 2. The number of carboxylic acid groups (broad SMARTS) is 1. The molecule has 0 unspecified atom stereocenters. The van der Waals surface area contributed by atoms with Crippen LogP contribution in [0.4, 0.5) is 0 Å². The van der Waals surface area contributed by atoms with E-state index in [0.29, 0.717) is 51.3 Å².